The summed E-state index contributed by atoms with van der Waals surface area (Å²) >= 11 is 28.5. The number of hydrogen-bond donors (Lipinski definition) is 0. The molecule has 0 bridgehead atoms. The minimum atomic E-state index is -0.450. The summed E-state index contributed by atoms with van der Waals surface area (Å²) in [5.74, 6) is 0.249. The van der Waals surface area contributed by atoms with Crippen LogP contribution in [-0.4, -0.2) is 11.3 Å². The zero-order valence-corrected chi connectivity index (χ0v) is 8.95. The average Bonchev–Trinajstić information content (AvgIpc) is 2.17. The highest BCUT2D eigenvalue weighted by Gasteiger charge is 2.28. The molecule has 1 atom stereocenters. The van der Waals surface area contributed by atoms with Crippen molar-refractivity contribution in [3.8, 4) is 0 Å². The van der Waals surface area contributed by atoms with Gasteiger partial charge >= 0.3 is 0 Å². The Bertz CT molecular complexity index is 239. The van der Waals surface area contributed by atoms with E-state index in [2.05, 4.69) is 0 Å². The second-order valence-corrected chi connectivity index (χ2v) is 3.86. The fourth-order valence-electron chi connectivity index (χ4n) is 0.748. The van der Waals surface area contributed by atoms with E-state index in [-0.39, 0.29) is 5.88 Å². The summed E-state index contributed by atoms with van der Waals surface area (Å²) in [4.78, 5) is 0. The second kappa shape index (κ2) is 3.76. The molecule has 11 heavy (non-hydrogen) atoms. The van der Waals surface area contributed by atoms with E-state index >= 15 is 0 Å². The SMILES string of the molecule is ClCC1=C(Cl)C(Cl)=C(Cl)C1Cl. The van der Waals surface area contributed by atoms with E-state index < -0.39 is 5.38 Å². The normalized spacial score (nSPS) is 25.4. The predicted octanol–water partition coefficient (Wildman–Crippen LogP) is 4.03. The summed E-state index contributed by atoms with van der Waals surface area (Å²) in [6.07, 6.45) is 0. The van der Waals surface area contributed by atoms with E-state index in [4.69, 9.17) is 58.0 Å². The molecule has 0 N–H and O–H groups in total. The third-order valence-corrected chi connectivity index (χ3v) is 3.66. The average molecular weight is 252 g/mol. The van der Waals surface area contributed by atoms with Crippen molar-refractivity contribution in [1.29, 1.82) is 0 Å². The van der Waals surface area contributed by atoms with Gasteiger partial charge in [0.15, 0.2) is 0 Å². The van der Waals surface area contributed by atoms with E-state index in [0.717, 1.165) is 0 Å². The Morgan fingerprint density at radius 3 is 1.82 bits per heavy atom. The van der Waals surface area contributed by atoms with Crippen molar-refractivity contribution < 1.29 is 0 Å². The first-order chi connectivity index (χ1) is 5.09. The molecule has 0 saturated carbocycles. The molecule has 0 radical (unpaired) electrons. The van der Waals surface area contributed by atoms with Gasteiger partial charge in [-0.1, -0.05) is 34.8 Å². The van der Waals surface area contributed by atoms with Gasteiger partial charge < -0.3 is 0 Å². The predicted molar refractivity (Wildman–Crippen MR) is 52.0 cm³/mol. The zero-order chi connectivity index (χ0) is 8.59. The Labute approximate surface area is 89.7 Å². The third kappa shape index (κ3) is 1.66. The first kappa shape index (κ1) is 10.0. The first-order valence-corrected chi connectivity index (χ1v) is 4.84. The van der Waals surface area contributed by atoms with Gasteiger partial charge in [-0.3, -0.25) is 0 Å². The van der Waals surface area contributed by atoms with Crippen molar-refractivity contribution in [2.75, 3.05) is 5.88 Å². The maximum Gasteiger partial charge on any atom is 0.0946 e. The van der Waals surface area contributed by atoms with Crippen molar-refractivity contribution in [3.63, 3.8) is 0 Å². The topological polar surface area (TPSA) is 0 Å². The molecule has 0 amide bonds. The summed E-state index contributed by atoms with van der Waals surface area (Å²) in [5.41, 5.74) is 0.671. The van der Waals surface area contributed by atoms with Crippen LogP contribution in [-0.2, 0) is 0 Å². The molecule has 1 aliphatic rings. The summed E-state index contributed by atoms with van der Waals surface area (Å²) in [6, 6.07) is 0. The number of rotatable bonds is 1. The molecule has 0 fully saturated rings. The minimum Gasteiger partial charge on any atom is -0.122 e. The summed E-state index contributed by atoms with van der Waals surface area (Å²) in [5, 5.41) is 0.596. The van der Waals surface area contributed by atoms with Crippen LogP contribution in [0.2, 0.25) is 0 Å². The summed E-state index contributed by atoms with van der Waals surface area (Å²) in [7, 11) is 0. The lowest BCUT2D eigenvalue weighted by molar-refractivity contribution is 1.24. The molecule has 0 aliphatic heterocycles. The van der Waals surface area contributed by atoms with Crippen molar-refractivity contribution in [3.05, 3.63) is 20.7 Å². The Hall–Kier alpha value is 0.930. The standard InChI is InChI=1S/C6H3Cl5/c7-1-2-3(8)5(10)6(11)4(2)9/h3H,1H2. The Morgan fingerprint density at radius 1 is 1.09 bits per heavy atom. The summed E-state index contributed by atoms with van der Waals surface area (Å²) < 4.78 is 0. The van der Waals surface area contributed by atoms with Gasteiger partial charge in [-0.25, -0.2) is 0 Å². The molecule has 0 aromatic heterocycles. The van der Waals surface area contributed by atoms with Crippen molar-refractivity contribution in [2.45, 2.75) is 5.38 Å². The molecule has 5 heteroatoms. The molecule has 0 heterocycles. The van der Waals surface area contributed by atoms with E-state index in [1.807, 2.05) is 0 Å². The quantitative estimate of drug-likeness (QED) is 0.618. The number of halogens is 5. The van der Waals surface area contributed by atoms with Gasteiger partial charge in [-0.2, -0.15) is 0 Å². The fraction of sp³-hybridized carbons (Fsp3) is 0.333. The van der Waals surface area contributed by atoms with Crippen LogP contribution in [0.25, 0.3) is 0 Å². The van der Waals surface area contributed by atoms with Gasteiger partial charge in [-0.05, 0) is 5.57 Å². The molecule has 0 spiro atoms. The molecule has 62 valence electrons. The van der Waals surface area contributed by atoms with E-state index in [0.29, 0.717) is 20.7 Å². The molecule has 1 unspecified atom stereocenters. The Kier molecular flexibility index (Phi) is 3.42. The van der Waals surface area contributed by atoms with Crippen LogP contribution in [0.5, 0.6) is 0 Å². The van der Waals surface area contributed by atoms with E-state index in [9.17, 15) is 0 Å². The van der Waals surface area contributed by atoms with Gasteiger partial charge in [0.25, 0.3) is 0 Å². The second-order valence-electron chi connectivity index (χ2n) is 2.00. The highest BCUT2D eigenvalue weighted by Crippen LogP contribution is 2.42. The highest BCUT2D eigenvalue weighted by molar-refractivity contribution is 6.52. The van der Waals surface area contributed by atoms with Gasteiger partial charge in [0.1, 0.15) is 0 Å². The molecular formula is C6H3Cl5. The molecule has 0 aromatic carbocycles. The maximum atomic E-state index is 5.82. The lowest BCUT2D eigenvalue weighted by atomic mass is 10.3. The largest absolute Gasteiger partial charge is 0.122 e. The van der Waals surface area contributed by atoms with E-state index in [1.165, 1.54) is 0 Å². The number of alkyl halides is 2. The van der Waals surface area contributed by atoms with E-state index in [1.54, 1.807) is 0 Å². The molecule has 0 saturated heterocycles. The van der Waals surface area contributed by atoms with Crippen LogP contribution < -0.4 is 0 Å². The van der Waals surface area contributed by atoms with Gasteiger partial charge in [0, 0.05) is 5.88 Å². The third-order valence-electron chi connectivity index (χ3n) is 1.36. The van der Waals surface area contributed by atoms with Crippen molar-refractivity contribution in [2.24, 2.45) is 0 Å². The van der Waals surface area contributed by atoms with Gasteiger partial charge in [-0.15, -0.1) is 23.2 Å². The first-order valence-electron chi connectivity index (χ1n) is 2.73. The van der Waals surface area contributed by atoms with Gasteiger partial charge in [0.2, 0.25) is 0 Å². The maximum absolute atomic E-state index is 5.82. The Morgan fingerprint density at radius 2 is 1.64 bits per heavy atom. The van der Waals surface area contributed by atoms with Crippen LogP contribution in [0.15, 0.2) is 20.7 Å². The lowest BCUT2D eigenvalue weighted by Gasteiger charge is -2.02. The molecule has 0 aromatic rings. The minimum absolute atomic E-state index is 0.249. The monoisotopic (exact) mass is 250 g/mol. The van der Waals surface area contributed by atoms with Crippen molar-refractivity contribution >= 4 is 58.0 Å². The summed E-state index contributed by atoms with van der Waals surface area (Å²) in [6.45, 7) is 0. The number of allylic oxidation sites excluding steroid dienone is 4. The molecule has 1 aliphatic carbocycles. The highest BCUT2D eigenvalue weighted by atomic mass is 35.5. The molecular weight excluding hydrogens is 249 g/mol. The smallest absolute Gasteiger partial charge is 0.0946 e. The zero-order valence-electron chi connectivity index (χ0n) is 5.17. The van der Waals surface area contributed by atoms with Gasteiger partial charge in [0.05, 0.1) is 20.5 Å². The molecule has 0 nitrogen and oxygen atoms in total. The van der Waals surface area contributed by atoms with Crippen LogP contribution in [0.4, 0.5) is 0 Å². The number of hydrogen-bond acceptors (Lipinski definition) is 0. The molecule has 1 rings (SSSR count). The van der Waals surface area contributed by atoms with Crippen LogP contribution >= 0.6 is 58.0 Å². The van der Waals surface area contributed by atoms with Crippen LogP contribution in [0.3, 0.4) is 0 Å². The van der Waals surface area contributed by atoms with Crippen molar-refractivity contribution in [1.82, 2.24) is 0 Å². The lowest BCUT2D eigenvalue weighted by Crippen LogP contribution is -2.00. The Balaban J connectivity index is 3.04. The van der Waals surface area contributed by atoms with Crippen LogP contribution in [0.1, 0.15) is 0 Å². The fourth-order valence-corrected chi connectivity index (χ4v) is 2.37. The van der Waals surface area contributed by atoms with Crippen LogP contribution in [0, 0.1) is 0 Å².